The zero-order valence-electron chi connectivity index (χ0n) is 15.5. The molecule has 0 saturated heterocycles. The van der Waals surface area contributed by atoms with Gasteiger partial charge in [-0.25, -0.2) is 14.4 Å². The van der Waals surface area contributed by atoms with Gasteiger partial charge in [-0.05, 0) is 36.4 Å². The average Bonchev–Trinajstić information content (AvgIpc) is 2.54. The molecule has 14 heteroatoms. The van der Waals surface area contributed by atoms with Gasteiger partial charge in [-0.1, -0.05) is 0 Å². The van der Waals surface area contributed by atoms with Gasteiger partial charge in [0.15, 0.2) is 0 Å². The molecule has 0 aliphatic heterocycles. The van der Waals surface area contributed by atoms with E-state index in [1.807, 2.05) is 0 Å². The summed E-state index contributed by atoms with van der Waals surface area (Å²) in [5, 5.41) is 36.0. The smallest absolute Gasteiger partial charge is 0.545 e. The Balaban J connectivity index is -0.000000199. The largest absolute Gasteiger partial charge is 1.00 e. The summed E-state index contributed by atoms with van der Waals surface area (Å²) in [7, 11) is 0. The third-order valence-electron chi connectivity index (χ3n) is 2.89. The molecule has 0 atom stereocenters. The van der Waals surface area contributed by atoms with Crippen LogP contribution < -0.4 is 46.1 Å². The zero-order chi connectivity index (χ0) is 20.0. The van der Waals surface area contributed by atoms with Crippen LogP contribution in [0.15, 0.2) is 36.4 Å². The topological polar surface area (TPSA) is 299 Å². The molecular weight excluding hydrogens is 419 g/mol. The molecule has 2 rings (SSSR count). The van der Waals surface area contributed by atoms with Gasteiger partial charge in [0.2, 0.25) is 0 Å². The number of hydrogen-bond donors (Lipinski definition) is 5. The number of nitrogen functional groups attached to an aromatic ring is 2. The van der Waals surface area contributed by atoms with Crippen LogP contribution in [0, 0.1) is 0 Å². The van der Waals surface area contributed by atoms with Gasteiger partial charge in [0, 0.05) is 16.9 Å². The van der Waals surface area contributed by atoms with E-state index in [1.165, 1.54) is 18.2 Å². The van der Waals surface area contributed by atoms with Gasteiger partial charge in [0.1, 0.15) is 0 Å². The fourth-order valence-corrected chi connectivity index (χ4v) is 1.79. The molecule has 13 N–H and O–H groups in total. The van der Waals surface area contributed by atoms with Crippen LogP contribution in [0.25, 0.3) is 0 Å². The molecule has 0 amide bonds. The van der Waals surface area contributed by atoms with Crippen LogP contribution in [0.1, 0.15) is 41.4 Å². The second kappa shape index (κ2) is 14.7. The van der Waals surface area contributed by atoms with E-state index in [1.54, 1.807) is 0 Å². The number of rotatable bonds is 4. The van der Waals surface area contributed by atoms with Gasteiger partial charge >= 0.3 is 47.5 Å². The number of nitrogens with two attached hydrogens (primary N) is 2. The Morgan fingerprint density at radius 2 is 0.833 bits per heavy atom. The molecule has 2 aromatic carbocycles. The summed E-state index contributed by atoms with van der Waals surface area (Å²) >= 11 is 0. The number of carboxylic acids is 4. The molecular formula is C16H19N2NaO11. The monoisotopic (exact) mass is 438 g/mol. The summed E-state index contributed by atoms with van der Waals surface area (Å²) < 4.78 is 0. The van der Waals surface area contributed by atoms with Crippen LogP contribution in [0.3, 0.4) is 0 Å². The molecule has 2 aromatic rings. The Morgan fingerprint density at radius 3 is 1.07 bits per heavy atom. The third-order valence-corrected chi connectivity index (χ3v) is 2.89. The minimum Gasteiger partial charge on any atom is -0.545 e. The van der Waals surface area contributed by atoms with E-state index in [4.69, 9.17) is 26.8 Å². The van der Waals surface area contributed by atoms with Crippen LogP contribution in [-0.4, -0.2) is 55.6 Å². The minimum absolute atomic E-state index is 0. The predicted molar refractivity (Wildman–Crippen MR) is 97.8 cm³/mol. The maximum absolute atomic E-state index is 10.5. The fourth-order valence-electron chi connectivity index (χ4n) is 1.79. The first-order chi connectivity index (χ1) is 12.0. The number of anilines is 2. The van der Waals surface area contributed by atoms with Crippen molar-refractivity contribution in [3.8, 4) is 0 Å². The van der Waals surface area contributed by atoms with E-state index in [9.17, 15) is 24.3 Å². The van der Waals surface area contributed by atoms with Gasteiger partial charge in [-0.2, -0.15) is 0 Å². The molecule has 30 heavy (non-hydrogen) atoms. The van der Waals surface area contributed by atoms with Crippen molar-refractivity contribution in [2.24, 2.45) is 0 Å². The summed E-state index contributed by atoms with van der Waals surface area (Å²) in [4.78, 5) is 41.8. The van der Waals surface area contributed by atoms with Gasteiger partial charge in [0.05, 0.1) is 22.7 Å². The minimum atomic E-state index is -1.45. The summed E-state index contributed by atoms with van der Waals surface area (Å²) in [5.41, 5.74) is 10.1. The first-order valence-electron chi connectivity index (χ1n) is 6.73. The van der Waals surface area contributed by atoms with Gasteiger partial charge in [0.25, 0.3) is 0 Å². The molecule has 0 saturated carbocycles. The summed E-state index contributed by atoms with van der Waals surface area (Å²) in [6.07, 6.45) is 0. The number of benzene rings is 2. The molecule has 13 nitrogen and oxygen atoms in total. The average molecular weight is 438 g/mol. The van der Waals surface area contributed by atoms with E-state index in [0.717, 1.165) is 18.2 Å². The van der Waals surface area contributed by atoms with E-state index < -0.39 is 23.9 Å². The van der Waals surface area contributed by atoms with Crippen molar-refractivity contribution in [3.63, 3.8) is 0 Å². The van der Waals surface area contributed by atoms with Crippen LogP contribution in [0.2, 0.25) is 0 Å². The molecule has 0 heterocycles. The SMILES string of the molecule is Nc1cc(C(=O)O)cc(C(=O)O)c1.Nc1cc(C(=O)[O-])cc(C(=O)O)c1.O.O.O.[Na+]. The van der Waals surface area contributed by atoms with Gasteiger partial charge in [-0.3, -0.25) is 0 Å². The molecule has 0 unspecified atom stereocenters. The molecule has 0 radical (unpaired) electrons. The van der Waals surface area contributed by atoms with Crippen molar-refractivity contribution in [2.75, 3.05) is 11.5 Å². The van der Waals surface area contributed by atoms with Crippen LogP contribution in [0.5, 0.6) is 0 Å². The van der Waals surface area contributed by atoms with Gasteiger partial charge in [-0.15, -0.1) is 0 Å². The van der Waals surface area contributed by atoms with E-state index in [2.05, 4.69) is 0 Å². The molecule has 160 valence electrons. The normalized spacial score (nSPS) is 8.27. The Hall–Kier alpha value is -3.20. The van der Waals surface area contributed by atoms with Crippen molar-refractivity contribution in [1.82, 2.24) is 0 Å². The molecule has 0 fully saturated rings. The van der Waals surface area contributed by atoms with Crippen molar-refractivity contribution >= 4 is 35.3 Å². The Labute approximate surface area is 190 Å². The first-order valence-corrected chi connectivity index (χ1v) is 6.73. The number of carbonyl (C=O) groups is 4. The van der Waals surface area contributed by atoms with Crippen molar-refractivity contribution < 1.29 is 85.6 Å². The number of hydrogen-bond acceptors (Lipinski definition) is 7. The number of carbonyl (C=O) groups excluding carboxylic acids is 1. The van der Waals surface area contributed by atoms with Crippen LogP contribution in [0.4, 0.5) is 11.4 Å². The Bertz CT molecular complexity index is 765. The third kappa shape index (κ3) is 10.4. The van der Waals surface area contributed by atoms with Crippen LogP contribution in [-0.2, 0) is 0 Å². The maximum Gasteiger partial charge on any atom is 1.00 e. The van der Waals surface area contributed by atoms with Crippen molar-refractivity contribution in [1.29, 1.82) is 0 Å². The molecule has 0 aliphatic carbocycles. The Kier molecular flexibility index (Phi) is 16.9. The molecule has 0 aliphatic rings. The number of carboxylic acid groups (broad SMARTS) is 4. The van der Waals surface area contributed by atoms with Crippen LogP contribution >= 0.6 is 0 Å². The Morgan fingerprint density at radius 1 is 0.600 bits per heavy atom. The predicted octanol–water partition coefficient (Wildman–Crippen LogP) is -5.47. The second-order valence-corrected chi connectivity index (χ2v) is 4.89. The van der Waals surface area contributed by atoms with Gasteiger partial charge < -0.3 is 53.1 Å². The van der Waals surface area contributed by atoms with Crippen molar-refractivity contribution in [3.05, 3.63) is 58.7 Å². The quantitative estimate of drug-likeness (QED) is 0.223. The fraction of sp³-hybridized carbons (Fsp3) is 0. The molecule has 0 spiro atoms. The van der Waals surface area contributed by atoms with E-state index in [0.29, 0.717) is 0 Å². The number of aromatic carboxylic acids is 4. The second-order valence-electron chi connectivity index (χ2n) is 4.89. The maximum atomic E-state index is 10.5. The zero-order valence-corrected chi connectivity index (χ0v) is 17.5. The first kappa shape index (κ1) is 34.3. The van der Waals surface area contributed by atoms with Crippen molar-refractivity contribution in [2.45, 2.75) is 0 Å². The molecule has 0 bridgehead atoms. The summed E-state index contributed by atoms with van der Waals surface area (Å²) in [5.74, 6) is -5.07. The van der Waals surface area contributed by atoms with E-state index >= 15 is 0 Å². The summed E-state index contributed by atoms with van der Waals surface area (Å²) in [6.45, 7) is 0. The van der Waals surface area contributed by atoms with E-state index in [-0.39, 0.29) is 79.6 Å². The standard InChI is InChI=1S/2C8H7NO4.Na.3H2O/c2*9-6-2-4(7(10)11)1-5(3-6)8(12)13;;;;/h2*1-3H,9H2,(H,10,11)(H,12,13);;3*1H2/q;;+1;;;/p-1. The summed E-state index contributed by atoms with van der Waals surface area (Å²) in [6, 6.07) is 6.77. The molecule has 0 aromatic heterocycles.